The van der Waals surface area contributed by atoms with Crippen LogP contribution >= 0.6 is 23.2 Å². The molecule has 0 unspecified atom stereocenters. The highest BCUT2D eigenvalue weighted by atomic mass is 35.5. The molecule has 6 heteroatoms. The topological polar surface area (TPSA) is 41.1 Å². The zero-order chi connectivity index (χ0) is 17.4. The Hall–Kier alpha value is -2.30. The molecule has 0 atom stereocenters. The summed E-state index contributed by atoms with van der Waals surface area (Å²) in [4.78, 5) is 11.4. The first-order valence-corrected chi connectivity index (χ1v) is 8.79. The average Bonchev–Trinajstić information content (AvgIpc) is 3.01. The fourth-order valence-corrected chi connectivity index (χ4v) is 3.49. The van der Waals surface area contributed by atoms with Gasteiger partial charge in [0.2, 0.25) is 5.95 Å². The maximum atomic E-state index is 6.24. The number of nitrogens with zero attached hydrogens (tertiary/aromatic N) is 3. The van der Waals surface area contributed by atoms with E-state index in [1.807, 2.05) is 19.1 Å². The van der Waals surface area contributed by atoms with E-state index in [2.05, 4.69) is 44.5 Å². The summed E-state index contributed by atoms with van der Waals surface area (Å²) in [5.74, 6) is 1.40. The summed E-state index contributed by atoms with van der Waals surface area (Å²) < 4.78 is 0. The molecule has 0 spiro atoms. The van der Waals surface area contributed by atoms with Crippen LogP contribution in [0.4, 0.5) is 23.1 Å². The number of hydrogen-bond acceptors (Lipinski definition) is 4. The van der Waals surface area contributed by atoms with Crippen LogP contribution in [0.1, 0.15) is 11.3 Å². The molecule has 2 heterocycles. The summed E-state index contributed by atoms with van der Waals surface area (Å²) in [6, 6.07) is 15.7. The summed E-state index contributed by atoms with van der Waals surface area (Å²) in [6.07, 6.45) is 1.02. The van der Waals surface area contributed by atoms with E-state index in [4.69, 9.17) is 23.2 Å². The van der Waals surface area contributed by atoms with Crippen LogP contribution in [0.3, 0.4) is 0 Å². The van der Waals surface area contributed by atoms with Crippen LogP contribution in [0.15, 0.2) is 48.5 Å². The Bertz CT molecular complexity index is 942. The Balaban J connectivity index is 1.68. The van der Waals surface area contributed by atoms with Gasteiger partial charge in [-0.3, -0.25) is 0 Å². The molecule has 0 radical (unpaired) electrons. The first-order valence-electron chi connectivity index (χ1n) is 8.03. The van der Waals surface area contributed by atoms with Crippen LogP contribution in [0, 0.1) is 6.92 Å². The van der Waals surface area contributed by atoms with Gasteiger partial charge in [-0.2, -0.15) is 4.98 Å². The number of para-hydroxylation sites is 1. The number of aryl methyl sites for hydroxylation is 1. The van der Waals surface area contributed by atoms with Crippen LogP contribution < -0.4 is 10.2 Å². The fraction of sp³-hybridized carbons (Fsp3) is 0.158. The number of hydrogen-bond donors (Lipinski definition) is 1. The Kier molecular flexibility index (Phi) is 4.24. The van der Waals surface area contributed by atoms with Crippen molar-refractivity contribution in [2.24, 2.45) is 0 Å². The molecule has 0 aliphatic carbocycles. The standard InChI is InChI=1S/C19H16Cl2N4/c1-12-10-18(25-9-8-13-4-2-3-5-17(13)25)24-19(22-12)23-16-7-6-14(20)11-15(16)21/h2-7,10-11H,8-9H2,1H3,(H,22,23,24). The number of nitrogens with one attached hydrogen (secondary N) is 1. The largest absolute Gasteiger partial charge is 0.326 e. The third-order valence-corrected chi connectivity index (χ3v) is 4.73. The molecule has 1 aliphatic rings. The van der Waals surface area contributed by atoms with Crippen molar-refractivity contribution in [3.05, 3.63) is 69.8 Å². The second-order valence-corrected chi connectivity index (χ2v) is 6.81. The lowest BCUT2D eigenvalue weighted by molar-refractivity contribution is 0.959. The van der Waals surface area contributed by atoms with Gasteiger partial charge in [0.25, 0.3) is 0 Å². The second-order valence-electron chi connectivity index (χ2n) is 5.97. The van der Waals surface area contributed by atoms with Crippen molar-refractivity contribution in [1.82, 2.24) is 9.97 Å². The molecular formula is C19H16Cl2N4. The van der Waals surface area contributed by atoms with Crippen molar-refractivity contribution in [3.63, 3.8) is 0 Å². The van der Waals surface area contributed by atoms with Gasteiger partial charge in [0, 0.05) is 29.0 Å². The Labute approximate surface area is 156 Å². The predicted molar refractivity (Wildman–Crippen MR) is 104 cm³/mol. The lowest BCUT2D eigenvalue weighted by Gasteiger charge is -2.19. The van der Waals surface area contributed by atoms with Crippen molar-refractivity contribution in [2.75, 3.05) is 16.8 Å². The molecule has 1 N–H and O–H groups in total. The Morgan fingerprint density at radius 2 is 1.88 bits per heavy atom. The van der Waals surface area contributed by atoms with Gasteiger partial charge >= 0.3 is 0 Å². The molecule has 126 valence electrons. The van der Waals surface area contributed by atoms with Crippen molar-refractivity contribution >= 4 is 46.3 Å². The van der Waals surface area contributed by atoms with E-state index in [1.165, 1.54) is 11.3 Å². The van der Waals surface area contributed by atoms with Crippen LogP contribution in [0.5, 0.6) is 0 Å². The zero-order valence-corrected chi connectivity index (χ0v) is 15.1. The van der Waals surface area contributed by atoms with E-state index < -0.39 is 0 Å². The van der Waals surface area contributed by atoms with E-state index in [0.29, 0.717) is 16.0 Å². The summed E-state index contributed by atoms with van der Waals surface area (Å²) in [5.41, 5.74) is 4.16. The molecule has 2 aromatic carbocycles. The van der Waals surface area contributed by atoms with E-state index in [1.54, 1.807) is 12.1 Å². The van der Waals surface area contributed by atoms with Gasteiger partial charge in [0.1, 0.15) is 5.82 Å². The third kappa shape index (κ3) is 3.28. The van der Waals surface area contributed by atoms with Gasteiger partial charge in [-0.25, -0.2) is 4.98 Å². The van der Waals surface area contributed by atoms with Gasteiger partial charge in [-0.1, -0.05) is 41.4 Å². The highest BCUT2D eigenvalue weighted by molar-refractivity contribution is 6.36. The van der Waals surface area contributed by atoms with E-state index in [0.717, 1.165) is 30.2 Å². The molecule has 3 aromatic rings. The smallest absolute Gasteiger partial charge is 0.229 e. The van der Waals surface area contributed by atoms with Gasteiger partial charge in [-0.05, 0) is 43.2 Å². The molecule has 1 aromatic heterocycles. The summed E-state index contributed by atoms with van der Waals surface area (Å²) in [7, 11) is 0. The van der Waals surface area contributed by atoms with E-state index in [-0.39, 0.29) is 0 Å². The number of fused-ring (bicyclic) bond motifs is 1. The molecule has 4 rings (SSSR count). The number of anilines is 4. The minimum absolute atomic E-state index is 0.517. The molecule has 25 heavy (non-hydrogen) atoms. The van der Waals surface area contributed by atoms with E-state index in [9.17, 15) is 0 Å². The maximum absolute atomic E-state index is 6.24. The molecule has 4 nitrogen and oxygen atoms in total. The minimum Gasteiger partial charge on any atom is -0.326 e. The Morgan fingerprint density at radius 3 is 2.72 bits per heavy atom. The van der Waals surface area contributed by atoms with Crippen molar-refractivity contribution in [2.45, 2.75) is 13.3 Å². The van der Waals surface area contributed by atoms with Crippen molar-refractivity contribution < 1.29 is 0 Å². The van der Waals surface area contributed by atoms with Crippen LogP contribution in [-0.4, -0.2) is 16.5 Å². The first kappa shape index (κ1) is 16.2. The van der Waals surface area contributed by atoms with Crippen molar-refractivity contribution in [1.29, 1.82) is 0 Å². The highest BCUT2D eigenvalue weighted by Gasteiger charge is 2.21. The van der Waals surface area contributed by atoms with Gasteiger partial charge in [0.15, 0.2) is 0 Å². The summed E-state index contributed by atoms with van der Waals surface area (Å²) in [6.45, 7) is 2.87. The lowest BCUT2D eigenvalue weighted by Crippen LogP contribution is -2.16. The zero-order valence-electron chi connectivity index (χ0n) is 13.6. The molecule has 0 saturated heterocycles. The number of benzene rings is 2. The molecule has 0 amide bonds. The maximum Gasteiger partial charge on any atom is 0.229 e. The normalized spacial score (nSPS) is 13.0. The molecule has 0 fully saturated rings. The van der Waals surface area contributed by atoms with Crippen LogP contribution in [0.25, 0.3) is 0 Å². The first-order chi connectivity index (χ1) is 12.1. The molecular weight excluding hydrogens is 355 g/mol. The monoisotopic (exact) mass is 370 g/mol. The molecule has 1 aliphatic heterocycles. The molecule has 0 bridgehead atoms. The lowest BCUT2D eigenvalue weighted by atomic mass is 10.2. The predicted octanol–water partition coefficient (Wildman–Crippen LogP) is 5.53. The van der Waals surface area contributed by atoms with Gasteiger partial charge < -0.3 is 10.2 Å². The quantitative estimate of drug-likeness (QED) is 0.657. The third-order valence-electron chi connectivity index (χ3n) is 4.18. The fourth-order valence-electron chi connectivity index (χ4n) is 3.03. The SMILES string of the molecule is Cc1cc(N2CCc3ccccc32)nc(Nc2ccc(Cl)cc2Cl)n1. The number of halogens is 2. The van der Waals surface area contributed by atoms with Gasteiger partial charge in [-0.15, -0.1) is 0 Å². The van der Waals surface area contributed by atoms with Crippen LogP contribution in [-0.2, 0) is 6.42 Å². The minimum atomic E-state index is 0.517. The van der Waals surface area contributed by atoms with Crippen LogP contribution in [0.2, 0.25) is 10.0 Å². The highest BCUT2D eigenvalue weighted by Crippen LogP contribution is 2.34. The summed E-state index contributed by atoms with van der Waals surface area (Å²) in [5, 5.41) is 4.31. The number of aromatic nitrogens is 2. The second kappa shape index (κ2) is 6.54. The summed E-state index contributed by atoms with van der Waals surface area (Å²) >= 11 is 12.2. The van der Waals surface area contributed by atoms with Crippen molar-refractivity contribution in [3.8, 4) is 0 Å². The molecule has 0 saturated carbocycles. The Morgan fingerprint density at radius 1 is 1.04 bits per heavy atom. The number of rotatable bonds is 3. The average molecular weight is 371 g/mol. The van der Waals surface area contributed by atoms with Gasteiger partial charge in [0.05, 0.1) is 10.7 Å². The van der Waals surface area contributed by atoms with E-state index >= 15 is 0 Å².